The van der Waals surface area contributed by atoms with Gasteiger partial charge in [-0.1, -0.05) is 12.1 Å². The molecule has 0 aliphatic rings. The number of hydrogen-bond donors (Lipinski definition) is 1. The molecule has 1 amide bonds. The minimum atomic E-state index is -0.486. The molecule has 6 heteroatoms. The van der Waals surface area contributed by atoms with E-state index in [2.05, 4.69) is 14.9 Å². The summed E-state index contributed by atoms with van der Waals surface area (Å²) < 4.78 is 12.5. The maximum atomic E-state index is 11.7. The van der Waals surface area contributed by atoms with E-state index in [9.17, 15) is 4.79 Å². The Bertz CT molecular complexity index is 657. The van der Waals surface area contributed by atoms with Crippen LogP contribution in [0.2, 0.25) is 0 Å². The van der Waals surface area contributed by atoms with E-state index in [1.165, 1.54) is 0 Å². The van der Waals surface area contributed by atoms with Gasteiger partial charge in [-0.3, -0.25) is 0 Å². The molecule has 2 rings (SSSR count). The molecule has 0 saturated carbocycles. The fourth-order valence-electron chi connectivity index (χ4n) is 2.23. The monoisotopic (exact) mass is 331 g/mol. The van der Waals surface area contributed by atoms with Crippen LogP contribution in [0.3, 0.4) is 0 Å². The predicted molar refractivity (Wildman–Crippen MR) is 92.3 cm³/mol. The molecule has 0 spiro atoms. The Morgan fingerprint density at radius 2 is 1.96 bits per heavy atom. The zero-order chi connectivity index (χ0) is 17.6. The van der Waals surface area contributed by atoms with Crippen LogP contribution in [0.1, 0.15) is 32.0 Å². The summed E-state index contributed by atoms with van der Waals surface area (Å²) in [7, 11) is 1.65. The van der Waals surface area contributed by atoms with E-state index < -0.39 is 11.7 Å². The number of amides is 1. The Hall–Kier alpha value is -2.50. The smallest absolute Gasteiger partial charge is 0.407 e. The Kier molecular flexibility index (Phi) is 5.84. The first-order valence-corrected chi connectivity index (χ1v) is 7.96. The van der Waals surface area contributed by atoms with E-state index in [1.54, 1.807) is 13.4 Å². The highest BCUT2D eigenvalue weighted by molar-refractivity contribution is 5.67. The molecule has 0 bridgehead atoms. The first-order valence-electron chi connectivity index (χ1n) is 7.96. The summed E-state index contributed by atoms with van der Waals surface area (Å²) >= 11 is 0. The number of methoxy groups -OCH3 is 1. The summed E-state index contributed by atoms with van der Waals surface area (Å²) in [5.41, 5.74) is 1.73. The number of nitrogens with one attached hydrogen (secondary N) is 1. The fourth-order valence-corrected chi connectivity index (χ4v) is 2.23. The first kappa shape index (κ1) is 17.8. The molecule has 0 saturated heterocycles. The fraction of sp³-hybridized carbons (Fsp3) is 0.444. The average Bonchev–Trinajstić information content (AvgIpc) is 2.93. The maximum Gasteiger partial charge on any atom is 0.407 e. The predicted octanol–water partition coefficient (Wildman–Crippen LogP) is 3.01. The quantitative estimate of drug-likeness (QED) is 0.884. The van der Waals surface area contributed by atoms with Gasteiger partial charge in [-0.2, -0.15) is 0 Å². The molecule has 0 fully saturated rings. The van der Waals surface area contributed by atoms with Crippen LogP contribution in [0.4, 0.5) is 4.79 Å². The SMILES string of the molecule is COc1ccc(Cn2cncc2CCNC(=O)OC(C)(C)C)cc1. The van der Waals surface area contributed by atoms with Gasteiger partial charge in [-0.15, -0.1) is 0 Å². The van der Waals surface area contributed by atoms with Crippen molar-refractivity contribution in [1.82, 2.24) is 14.9 Å². The van der Waals surface area contributed by atoms with Crippen LogP contribution in [0, 0.1) is 0 Å². The molecule has 130 valence electrons. The summed E-state index contributed by atoms with van der Waals surface area (Å²) in [4.78, 5) is 15.9. The average molecular weight is 331 g/mol. The number of ether oxygens (including phenoxy) is 2. The van der Waals surface area contributed by atoms with Crippen molar-refractivity contribution >= 4 is 6.09 Å². The number of alkyl carbamates (subject to hydrolysis) is 1. The molecule has 1 aromatic carbocycles. The van der Waals surface area contributed by atoms with Crippen molar-refractivity contribution < 1.29 is 14.3 Å². The van der Waals surface area contributed by atoms with Crippen molar-refractivity contribution in [3.63, 3.8) is 0 Å². The Balaban J connectivity index is 1.87. The van der Waals surface area contributed by atoms with Crippen molar-refractivity contribution in [3.8, 4) is 5.75 Å². The van der Waals surface area contributed by atoms with E-state index in [0.717, 1.165) is 23.6 Å². The van der Waals surface area contributed by atoms with Crippen LogP contribution >= 0.6 is 0 Å². The third-order valence-electron chi connectivity index (χ3n) is 3.36. The molecule has 24 heavy (non-hydrogen) atoms. The number of carbonyl (C=O) groups excluding carboxylic acids is 1. The number of imidazole rings is 1. The van der Waals surface area contributed by atoms with E-state index in [-0.39, 0.29) is 0 Å². The molecule has 2 aromatic rings. The van der Waals surface area contributed by atoms with Gasteiger partial charge in [-0.25, -0.2) is 9.78 Å². The second-order valence-corrected chi connectivity index (χ2v) is 6.54. The normalized spacial score (nSPS) is 11.2. The summed E-state index contributed by atoms with van der Waals surface area (Å²) in [6.45, 7) is 6.76. The van der Waals surface area contributed by atoms with E-state index in [1.807, 2.05) is 51.2 Å². The summed E-state index contributed by atoms with van der Waals surface area (Å²) in [5, 5.41) is 2.76. The molecule has 0 unspecified atom stereocenters. The zero-order valence-corrected chi connectivity index (χ0v) is 14.7. The van der Waals surface area contributed by atoms with Gasteiger partial charge in [0, 0.05) is 31.4 Å². The van der Waals surface area contributed by atoms with E-state index in [0.29, 0.717) is 13.0 Å². The second kappa shape index (κ2) is 7.86. The molecular formula is C18H25N3O3. The van der Waals surface area contributed by atoms with Gasteiger partial charge in [0.15, 0.2) is 0 Å². The largest absolute Gasteiger partial charge is 0.497 e. The molecule has 1 heterocycles. The molecule has 0 aliphatic heterocycles. The standard InChI is InChI=1S/C18H25N3O3/c1-18(2,3)24-17(22)20-10-9-15-11-19-13-21(15)12-14-5-7-16(23-4)8-6-14/h5-8,11,13H,9-10,12H2,1-4H3,(H,20,22). The highest BCUT2D eigenvalue weighted by atomic mass is 16.6. The minimum Gasteiger partial charge on any atom is -0.497 e. The van der Waals surface area contributed by atoms with Crippen LogP contribution in [0.5, 0.6) is 5.75 Å². The van der Waals surface area contributed by atoms with Gasteiger partial charge in [0.25, 0.3) is 0 Å². The molecule has 6 nitrogen and oxygen atoms in total. The molecular weight excluding hydrogens is 306 g/mol. The van der Waals surface area contributed by atoms with Crippen molar-refractivity contribution in [2.75, 3.05) is 13.7 Å². The van der Waals surface area contributed by atoms with Crippen molar-refractivity contribution in [2.24, 2.45) is 0 Å². The number of benzene rings is 1. The first-order chi connectivity index (χ1) is 11.4. The van der Waals surface area contributed by atoms with Gasteiger partial charge in [0.1, 0.15) is 11.4 Å². The second-order valence-electron chi connectivity index (χ2n) is 6.54. The van der Waals surface area contributed by atoms with E-state index >= 15 is 0 Å². The topological polar surface area (TPSA) is 65.4 Å². The maximum absolute atomic E-state index is 11.7. The van der Waals surface area contributed by atoms with Gasteiger partial charge in [-0.05, 0) is 38.5 Å². The number of aromatic nitrogens is 2. The highest BCUT2D eigenvalue weighted by Crippen LogP contribution is 2.13. The molecule has 0 aliphatic carbocycles. The highest BCUT2D eigenvalue weighted by Gasteiger charge is 2.15. The lowest BCUT2D eigenvalue weighted by Crippen LogP contribution is -2.33. The Morgan fingerprint density at radius 1 is 1.25 bits per heavy atom. The summed E-state index contributed by atoms with van der Waals surface area (Å²) in [6, 6.07) is 7.94. The van der Waals surface area contributed by atoms with Crippen LogP contribution in [-0.2, 0) is 17.7 Å². The van der Waals surface area contributed by atoms with Gasteiger partial charge in [0.05, 0.1) is 13.4 Å². The van der Waals surface area contributed by atoms with Gasteiger partial charge < -0.3 is 19.4 Å². The van der Waals surface area contributed by atoms with Gasteiger partial charge in [0.2, 0.25) is 0 Å². The number of hydrogen-bond acceptors (Lipinski definition) is 4. The van der Waals surface area contributed by atoms with Crippen LogP contribution < -0.4 is 10.1 Å². The van der Waals surface area contributed by atoms with Crippen LogP contribution in [0.15, 0.2) is 36.8 Å². The number of carbonyl (C=O) groups is 1. The lowest BCUT2D eigenvalue weighted by atomic mass is 10.2. The molecule has 0 atom stereocenters. The van der Waals surface area contributed by atoms with Crippen LogP contribution in [0.25, 0.3) is 0 Å². The zero-order valence-electron chi connectivity index (χ0n) is 14.7. The van der Waals surface area contributed by atoms with E-state index in [4.69, 9.17) is 9.47 Å². The number of nitrogens with zero attached hydrogens (tertiary/aromatic N) is 2. The Morgan fingerprint density at radius 3 is 2.58 bits per heavy atom. The summed E-state index contributed by atoms with van der Waals surface area (Å²) in [6.07, 6.45) is 3.91. The molecule has 1 aromatic heterocycles. The lowest BCUT2D eigenvalue weighted by molar-refractivity contribution is 0.0528. The minimum absolute atomic E-state index is 0.399. The van der Waals surface area contributed by atoms with Gasteiger partial charge >= 0.3 is 6.09 Å². The van der Waals surface area contributed by atoms with Crippen molar-refractivity contribution in [1.29, 1.82) is 0 Å². The van der Waals surface area contributed by atoms with Crippen molar-refractivity contribution in [3.05, 3.63) is 48.0 Å². The molecule has 0 radical (unpaired) electrons. The summed E-state index contributed by atoms with van der Waals surface area (Å²) in [5.74, 6) is 0.839. The Labute approximate surface area is 142 Å². The third kappa shape index (κ3) is 5.61. The lowest BCUT2D eigenvalue weighted by Gasteiger charge is -2.19. The van der Waals surface area contributed by atoms with Crippen molar-refractivity contribution in [2.45, 2.75) is 39.3 Å². The molecule has 1 N–H and O–H groups in total. The third-order valence-corrected chi connectivity index (χ3v) is 3.36. The van der Waals surface area contributed by atoms with Crippen LogP contribution in [-0.4, -0.2) is 34.9 Å². The number of rotatable bonds is 6.